The lowest BCUT2D eigenvalue weighted by molar-refractivity contribution is -0.135. The van der Waals surface area contributed by atoms with Gasteiger partial charge in [0.1, 0.15) is 0 Å². The predicted molar refractivity (Wildman–Crippen MR) is 51.4 cm³/mol. The zero-order valence-corrected chi connectivity index (χ0v) is 8.96. The summed E-state index contributed by atoms with van der Waals surface area (Å²) in [4.78, 5) is 14.1. The van der Waals surface area contributed by atoms with Gasteiger partial charge >= 0.3 is 0 Å². The first-order valence-corrected chi connectivity index (χ1v) is 4.84. The molecule has 1 fully saturated rings. The maximum Gasteiger partial charge on any atom is 0.251 e. The molecule has 0 radical (unpaired) electrons. The molecule has 1 aliphatic rings. The third kappa shape index (κ3) is 4.50. The zero-order chi connectivity index (χ0) is 11.1. The van der Waals surface area contributed by atoms with Gasteiger partial charge in [-0.3, -0.25) is 9.69 Å². The molecule has 5 heteroatoms. The van der Waals surface area contributed by atoms with Gasteiger partial charge in [0, 0.05) is 20.1 Å². The van der Waals surface area contributed by atoms with Crippen molar-refractivity contribution in [2.45, 2.75) is 20.3 Å². The van der Waals surface area contributed by atoms with Crippen molar-refractivity contribution >= 4 is 5.91 Å². The molecule has 0 spiro atoms. The number of amides is 1. The van der Waals surface area contributed by atoms with E-state index in [9.17, 15) is 13.6 Å². The highest BCUT2D eigenvalue weighted by Crippen LogP contribution is 2.03. The van der Waals surface area contributed by atoms with Crippen LogP contribution >= 0.6 is 0 Å². The van der Waals surface area contributed by atoms with E-state index in [1.54, 1.807) is 11.9 Å². The zero-order valence-electron chi connectivity index (χ0n) is 8.96. The summed E-state index contributed by atoms with van der Waals surface area (Å²) >= 11 is 0. The minimum atomic E-state index is -2.35. The fourth-order valence-electron chi connectivity index (χ4n) is 1.16. The first kappa shape index (κ1) is 13.3. The first-order valence-electron chi connectivity index (χ1n) is 4.84. The molecule has 0 atom stereocenters. The van der Waals surface area contributed by atoms with Gasteiger partial charge in [-0.25, -0.2) is 8.78 Å². The Labute approximate surface area is 83.7 Å². The van der Waals surface area contributed by atoms with Crippen molar-refractivity contribution in [2.24, 2.45) is 0 Å². The van der Waals surface area contributed by atoms with Gasteiger partial charge in [0.2, 0.25) is 5.91 Å². The summed E-state index contributed by atoms with van der Waals surface area (Å²) in [7, 11) is 1.68. The fourth-order valence-corrected chi connectivity index (χ4v) is 1.16. The average Bonchev–Trinajstić information content (AvgIpc) is 2.14. The molecular weight excluding hydrogens is 190 g/mol. The maximum absolute atomic E-state index is 11.9. The molecule has 0 bridgehead atoms. The van der Waals surface area contributed by atoms with Gasteiger partial charge in [-0.15, -0.1) is 0 Å². The summed E-state index contributed by atoms with van der Waals surface area (Å²) in [5, 5.41) is 0. The molecule has 84 valence electrons. The number of hydrogen-bond donors (Lipinski definition) is 0. The Morgan fingerprint density at radius 2 is 1.93 bits per heavy atom. The smallest absolute Gasteiger partial charge is 0.251 e. The highest BCUT2D eigenvalue weighted by Gasteiger charge is 2.22. The van der Waals surface area contributed by atoms with Crippen LogP contribution in [0.2, 0.25) is 0 Å². The van der Waals surface area contributed by atoms with Gasteiger partial charge < -0.3 is 4.90 Å². The number of hydrogen-bond acceptors (Lipinski definition) is 2. The van der Waals surface area contributed by atoms with Crippen molar-refractivity contribution in [1.82, 2.24) is 9.80 Å². The molecule has 1 aliphatic heterocycles. The van der Waals surface area contributed by atoms with Crippen LogP contribution in [0.4, 0.5) is 8.78 Å². The normalized spacial score (nSPS) is 18.1. The maximum atomic E-state index is 11.9. The van der Waals surface area contributed by atoms with Crippen LogP contribution in [-0.4, -0.2) is 55.4 Å². The van der Waals surface area contributed by atoms with Gasteiger partial charge in [-0.1, -0.05) is 13.8 Å². The van der Waals surface area contributed by atoms with Crippen molar-refractivity contribution < 1.29 is 13.6 Å². The van der Waals surface area contributed by atoms with Crippen LogP contribution in [0.3, 0.4) is 0 Å². The van der Waals surface area contributed by atoms with Gasteiger partial charge in [0.15, 0.2) is 0 Å². The molecular formula is C9H18F2N2O. The highest BCUT2D eigenvalue weighted by molar-refractivity contribution is 5.78. The van der Waals surface area contributed by atoms with Crippen molar-refractivity contribution in [2.75, 3.05) is 33.2 Å². The molecule has 1 heterocycles. The van der Waals surface area contributed by atoms with Crippen LogP contribution in [0.5, 0.6) is 0 Å². The summed E-state index contributed by atoms with van der Waals surface area (Å²) in [5.74, 6) is -0.0816. The van der Waals surface area contributed by atoms with E-state index in [1.165, 1.54) is 4.90 Å². The lowest BCUT2D eigenvalue weighted by atomic mass is 10.3. The van der Waals surface area contributed by atoms with Gasteiger partial charge in [0.25, 0.3) is 6.43 Å². The molecule has 0 aromatic carbocycles. The number of alkyl halides is 2. The number of halogens is 2. The first-order chi connectivity index (χ1) is 6.59. The van der Waals surface area contributed by atoms with E-state index in [1.807, 2.05) is 13.8 Å². The molecule has 14 heavy (non-hydrogen) atoms. The summed E-state index contributed by atoms with van der Waals surface area (Å²) in [6.07, 6.45) is -2.35. The Bertz CT molecular complexity index is 176. The quantitative estimate of drug-likeness (QED) is 0.677. The second-order valence-corrected chi connectivity index (χ2v) is 2.94. The number of rotatable bonds is 2. The minimum Gasteiger partial charge on any atom is -0.343 e. The molecule has 0 aromatic heterocycles. The second-order valence-electron chi connectivity index (χ2n) is 2.94. The second kappa shape index (κ2) is 6.70. The predicted octanol–water partition coefficient (Wildman–Crippen LogP) is 1.05. The molecule has 0 unspecified atom stereocenters. The number of likely N-dealkylation sites (N-methyl/N-ethyl adjacent to an activating group) is 1. The number of carbonyl (C=O) groups excluding carboxylic acids is 1. The van der Waals surface area contributed by atoms with Crippen LogP contribution in [0.15, 0.2) is 0 Å². The summed E-state index contributed by atoms with van der Waals surface area (Å²) in [6, 6.07) is 0. The molecule has 0 aliphatic carbocycles. The third-order valence-electron chi connectivity index (χ3n) is 1.93. The van der Waals surface area contributed by atoms with Gasteiger partial charge in [-0.2, -0.15) is 0 Å². The molecule has 0 N–H and O–H groups in total. The number of carbonyl (C=O) groups is 1. The fraction of sp³-hybridized carbons (Fsp3) is 0.889. The summed E-state index contributed by atoms with van der Waals surface area (Å²) < 4.78 is 23.8. The van der Waals surface area contributed by atoms with Crippen LogP contribution in [-0.2, 0) is 4.79 Å². The van der Waals surface area contributed by atoms with Crippen LogP contribution in [0.25, 0.3) is 0 Å². The van der Waals surface area contributed by atoms with E-state index in [0.717, 1.165) is 0 Å². The molecule has 3 nitrogen and oxygen atoms in total. The van der Waals surface area contributed by atoms with E-state index in [-0.39, 0.29) is 19.0 Å². The minimum absolute atomic E-state index is 0.0816. The highest BCUT2D eigenvalue weighted by atomic mass is 19.3. The summed E-state index contributed by atoms with van der Waals surface area (Å²) in [5.41, 5.74) is 0. The van der Waals surface area contributed by atoms with Crippen molar-refractivity contribution in [1.29, 1.82) is 0 Å². The topological polar surface area (TPSA) is 23.6 Å². The van der Waals surface area contributed by atoms with Crippen LogP contribution in [0, 0.1) is 0 Å². The van der Waals surface area contributed by atoms with Crippen molar-refractivity contribution in [3.8, 4) is 0 Å². The average molecular weight is 208 g/mol. The SMILES string of the molecule is CC.CN1CCN(CC(F)F)CC1=O. The Balaban J connectivity index is 0.000000791. The number of piperazine rings is 1. The van der Waals surface area contributed by atoms with Crippen molar-refractivity contribution in [3.63, 3.8) is 0 Å². The lowest BCUT2D eigenvalue weighted by Crippen LogP contribution is -2.49. The van der Waals surface area contributed by atoms with E-state index in [4.69, 9.17) is 0 Å². The Hall–Kier alpha value is -0.710. The summed E-state index contributed by atoms with van der Waals surface area (Å²) in [6.45, 7) is 4.93. The standard InChI is InChI=1S/C7H12F2N2O.C2H6/c1-10-2-3-11(4-6(8)9)5-7(10)12;1-2/h6H,2-5H2,1H3;1-2H3. The molecule has 1 saturated heterocycles. The van der Waals surface area contributed by atoms with Crippen LogP contribution in [0.1, 0.15) is 13.8 Å². The van der Waals surface area contributed by atoms with Gasteiger partial charge in [-0.05, 0) is 0 Å². The largest absolute Gasteiger partial charge is 0.343 e. The van der Waals surface area contributed by atoms with E-state index in [2.05, 4.69) is 0 Å². The molecule has 0 aromatic rings. The Kier molecular flexibility index (Phi) is 6.36. The van der Waals surface area contributed by atoms with Crippen molar-refractivity contribution in [3.05, 3.63) is 0 Å². The molecule has 1 amide bonds. The Morgan fingerprint density at radius 1 is 1.36 bits per heavy atom. The Morgan fingerprint density at radius 3 is 2.36 bits per heavy atom. The van der Waals surface area contributed by atoms with E-state index < -0.39 is 6.43 Å². The van der Waals surface area contributed by atoms with Gasteiger partial charge in [0.05, 0.1) is 13.1 Å². The van der Waals surface area contributed by atoms with E-state index >= 15 is 0 Å². The molecule has 0 saturated carbocycles. The third-order valence-corrected chi connectivity index (χ3v) is 1.93. The lowest BCUT2D eigenvalue weighted by Gasteiger charge is -2.31. The molecule has 1 rings (SSSR count). The number of nitrogens with zero attached hydrogens (tertiary/aromatic N) is 2. The van der Waals surface area contributed by atoms with E-state index in [0.29, 0.717) is 13.1 Å². The monoisotopic (exact) mass is 208 g/mol. The van der Waals surface area contributed by atoms with Crippen LogP contribution < -0.4 is 0 Å².